The normalized spacial score (nSPS) is 5.62. The van der Waals surface area contributed by atoms with Crippen LogP contribution in [0.15, 0.2) is 51.7 Å². The average Bonchev–Trinajstić information content (AvgIpc) is 2.10. The maximum Gasteiger partial charge on any atom is 0.307 e. The lowest BCUT2D eigenvalue weighted by Gasteiger charge is -1.83. The topological polar surface area (TPSA) is 35.5 Å². The van der Waals surface area contributed by atoms with Gasteiger partial charge in [-0.05, 0) is 0 Å². The molecule has 0 saturated heterocycles. The lowest BCUT2D eigenvalue weighted by atomic mass is 10.8. The second kappa shape index (κ2) is 22.5. The zero-order valence-corrected chi connectivity index (χ0v) is 7.99. The summed E-state index contributed by atoms with van der Waals surface area (Å²) in [5.74, 6) is -0.329. The summed E-state index contributed by atoms with van der Waals surface area (Å²) in [6, 6.07) is 0. The smallest absolute Gasteiger partial charge is 0.307 e. The molecule has 13 heavy (non-hydrogen) atoms. The number of hydrogen-bond donors (Lipinski definition) is 0. The molecule has 0 aromatic heterocycles. The second-order valence-electron chi connectivity index (χ2n) is 1.25. The quantitative estimate of drug-likeness (QED) is 0.384. The predicted molar refractivity (Wildman–Crippen MR) is 54.7 cm³/mol. The van der Waals surface area contributed by atoms with Crippen LogP contribution in [0.4, 0.5) is 0 Å². The van der Waals surface area contributed by atoms with Crippen LogP contribution in [0.25, 0.3) is 0 Å². The molecule has 0 amide bonds. The van der Waals surface area contributed by atoms with E-state index >= 15 is 0 Å². The molecular weight excluding hydrogens is 168 g/mol. The summed E-state index contributed by atoms with van der Waals surface area (Å²) in [5.41, 5.74) is 0. The first-order valence-electron chi connectivity index (χ1n) is 3.34. The van der Waals surface area contributed by atoms with Gasteiger partial charge in [-0.1, -0.05) is 19.7 Å². The van der Waals surface area contributed by atoms with Gasteiger partial charge in [-0.15, -0.1) is 13.2 Å². The molecule has 74 valence electrons. The number of carbonyl (C=O) groups is 1. The Balaban J connectivity index is -0.000000131. The molecule has 0 N–H and O–H groups in total. The van der Waals surface area contributed by atoms with Gasteiger partial charge in [0, 0.05) is 6.92 Å². The third-order valence-corrected chi connectivity index (χ3v) is 0.442. The Kier molecular flexibility index (Phi) is 30.0. The standard InChI is InChI=1S/C4H6O2.C4H6O.C2H4/c1-3-6-4(2)5;1-3-5-4-2;1-2/h3H,1H2,2H3;3-4H,1-2H2;1-2H2. The highest BCUT2D eigenvalue weighted by atomic mass is 16.5. The van der Waals surface area contributed by atoms with E-state index in [0.29, 0.717) is 0 Å². The van der Waals surface area contributed by atoms with Crippen LogP contribution in [0.3, 0.4) is 0 Å². The third kappa shape index (κ3) is 66.4. The Morgan fingerprint density at radius 1 is 1.08 bits per heavy atom. The van der Waals surface area contributed by atoms with Crippen LogP contribution in [0.1, 0.15) is 6.92 Å². The van der Waals surface area contributed by atoms with Crippen molar-refractivity contribution in [3.05, 3.63) is 51.7 Å². The van der Waals surface area contributed by atoms with E-state index in [9.17, 15) is 4.79 Å². The molecule has 0 rings (SSSR count). The summed E-state index contributed by atoms with van der Waals surface area (Å²) in [6.45, 7) is 17.0. The maximum atomic E-state index is 9.75. The first-order valence-corrected chi connectivity index (χ1v) is 3.34. The largest absolute Gasteiger partial charge is 0.474 e. The molecule has 0 spiro atoms. The number of ether oxygens (including phenoxy) is 2. The molecule has 0 aromatic rings. The third-order valence-electron chi connectivity index (χ3n) is 0.442. The van der Waals surface area contributed by atoms with Gasteiger partial charge in [0.2, 0.25) is 0 Å². The van der Waals surface area contributed by atoms with Crippen molar-refractivity contribution in [3.63, 3.8) is 0 Å². The summed E-state index contributed by atoms with van der Waals surface area (Å²) in [5, 5.41) is 0. The van der Waals surface area contributed by atoms with Gasteiger partial charge >= 0.3 is 5.97 Å². The van der Waals surface area contributed by atoms with Crippen molar-refractivity contribution in [2.24, 2.45) is 0 Å². The van der Waals surface area contributed by atoms with E-state index in [-0.39, 0.29) is 5.97 Å². The van der Waals surface area contributed by atoms with Crippen molar-refractivity contribution in [3.8, 4) is 0 Å². The van der Waals surface area contributed by atoms with Crippen LogP contribution in [0.5, 0.6) is 0 Å². The fourth-order valence-corrected chi connectivity index (χ4v) is 0.185. The lowest BCUT2D eigenvalue weighted by Crippen LogP contribution is -1.87. The molecule has 0 atom stereocenters. The van der Waals surface area contributed by atoms with Gasteiger partial charge in [0.15, 0.2) is 0 Å². The summed E-state index contributed by atoms with van der Waals surface area (Å²) in [6.07, 6.45) is 3.72. The van der Waals surface area contributed by atoms with Gasteiger partial charge in [0.05, 0.1) is 18.8 Å². The van der Waals surface area contributed by atoms with Crippen molar-refractivity contribution in [2.75, 3.05) is 0 Å². The number of rotatable bonds is 3. The predicted octanol–water partition coefficient (Wildman–Crippen LogP) is 2.79. The molecule has 0 aliphatic rings. The molecule has 0 aliphatic carbocycles. The van der Waals surface area contributed by atoms with Crippen LogP contribution in [-0.2, 0) is 14.3 Å². The number of esters is 1. The summed E-state index contributed by atoms with van der Waals surface area (Å²) < 4.78 is 8.53. The van der Waals surface area contributed by atoms with E-state index in [1.54, 1.807) is 0 Å². The van der Waals surface area contributed by atoms with E-state index < -0.39 is 0 Å². The highest BCUT2D eigenvalue weighted by molar-refractivity contribution is 5.66. The van der Waals surface area contributed by atoms with Gasteiger partial charge < -0.3 is 9.47 Å². The second-order valence-corrected chi connectivity index (χ2v) is 1.25. The molecular formula is C10H16O3. The fourth-order valence-electron chi connectivity index (χ4n) is 0.185. The molecule has 0 unspecified atom stereocenters. The Labute approximate surface area is 79.7 Å². The Hall–Kier alpha value is -1.77. The average molecular weight is 184 g/mol. The molecule has 3 heteroatoms. The number of hydrogen-bond acceptors (Lipinski definition) is 3. The molecule has 0 saturated carbocycles. The van der Waals surface area contributed by atoms with Crippen LogP contribution in [-0.4, -0.2) is 5.97 Å². The molecule has 0 aliphatic heterocycles. The van der Waals surface area contributed by atoms with Crippen molar-refractivity contribution in [1.82, 2.24) is 0 Å². The molecule has 0 aromatic carbocycles. The van der Waals surface area contributed by atoms with E-state index in [0.717, 1.165) is 6.26 Å². The first-order chi connectivity index (χ1) is 6.18. The Bertz CT molecular complexity index is 144. The zero-order chi connectivity index (χ0) is 11.1. The van der Waals surface area contributed by atoms with Crippen molar-refractivity contribution < 1.29 is 14.3 Å². The Morgan fingerprint density at radius 3 is 1.46 bits per heavy atom. The van der Waals surface area contributed by atoms with Crippen LogP contribution >= 0.6 is 0 Å². The minimum atomic E-state index is -0.329. The molecule has 3 nitrogen and oxygen atoms in total. The van der Waals surface area contributed by atoms with Crippen LogP contribution in [0, 0.1) is 0 Å². The SMILES string of the molecule is C=C.C=COC(C)=O.C=COC=C. The van der Waals surface area contributed by atoms with Gasteiger partial charge in [0.1, 0.15) is 0 Å². The molecule has 0 fully saturated rings. The summed E-state index contributed by atoms with van der Waals surface area (Å²) in [4.78, 5) is 9.75. The van der Waals surface area contributed by atoms with Gasteiger partial charge in [-0.25, -0.2) is 0 Å². The van der Waals surface area contributed by atoms with Crippen molar-refractivity contribution in [1.29, 1.82) is 0 Å². The van der Waals surface area contributed by atoms with Crippen molar-refractivity contribution >= 4 is 5.97 Å². The molecule has 0 bridgehead atoms. The lowest BCUT2D eigenvalue weighted by molar-refractivity contribution is -0.135. The van der Waals surface area contributed by atoms with E-state index in [1.165, 1.54) is 19.4 Å². The Morgan fingerprint density at radius 2 is 1.46 bits per heavy atom. The van der Waals surface area contributed by atoms with Gasteiger partial charge in [0.25, 0.3) is 0 Å². The maximum absolute atomic E-state index is 9.75. The van der Waals surface area contributed by atoms with Crippen LogP contribution < -0.4 is 0 Å². The highest BCUT2D eigenvalue weighted by Crippen LogP contribution is 1.70. The molecule has 0 radical (unpaired) electrons. The fraction of sp³-hybridized carbons (Fsp3) is 0.100. The van der Waals surface area contributed by atoms with E-state index in [2.05, 4.69) is 42.4 Å². The monoisotopic (exact) mass is 184 g/mol. The van der Waals surface area contributed by atoms with E-state index in [4.69, 9.17) is 0 Å². The number of carbonyl (C=O) groups excluding carboxylic acids is 1. The minimum absolute atomic E-state index is 0.329. The summed E-state index contributed by atoms with van der Waals surface area (Å²) in [7, 11) is 0. The van der Waals surface area contributed by atoms with Crippen LogP contribution in [0.2, 0.25) is 0 Å². The van der Waals surface area contributed by atoms with E-state index in [1.807, 2.05) is 0 Å². The highest BCUT2D eigenvalue weighted by Gasteiger charge is 1.79. The van der Waals surface area contributed by atoms with Gasteiger partial charge in [-0.3, -0.25) is 4.79 Å². The minimum Gasteiger partial charge on any atom is -0.474 e. The zero-order valence-electron chi connectivity index (χ0n) is 7.99. The summed E-state index contributed by atoms with van der Waals surface area (Å²) >= 11 is 0. The molecule has 0 heterocycles. The first kappa shape index (κ1) is 17.4. The van der Waals surface area contributed by atoms with Gasteiger partial charge in [-0.2, -0.15) is 0 Å². The van der Waals surface area contributed by atoms with Crippen molar-refractivity contribution in [2.45, 2.75) is 6.92 Å².